The molecule has 0 spiro atoms. The molecule has 1 aliphatic heterocycles. The number of sulfone groups is 1. The van der Waals surface area contributed by atoms with Gasteiger partial charge in [0, 0.05) is 44.3 Å². The second-order valence-corrected chi connectivity index (χ2v) is 12.1. The van der Waals surface area contributed by atoms with E-state index in [0.717, 1.165) is 6.26 Å². The van der Waals surface area contributed by atoms with Crippen molar-refractivity contribution in [1.82, 2.24) is 29.2 Å². The molecule has 0 saturated carbocycles. The lowest BCUT2D eigenvalue weighted by molar-refractivity contribution is -0.118. The molecule has 5 rings (SSSR count). The van der Waals surface area contributed by atoms with E-state index in [1.54, 1.807) is 34.7 Å². The van der Waals surface area contributed by atoms with E-state index in [1.807, 2.05) is 11.8 Å². The van der Waals surface area contributed by atoms with E-state index in [-0.39, 0.29) is 52.4 Å². The van der Waals surface area contributed by atoms with Gasteiger partial charge in [0.25, 0.3) is 5.91 Å². The van der Waals surface area contributed by atoms with E-state index >= 15 is 0 Å². The number of benzene rings is 1. The molecule has 0 radical (unpaired) electrons. The largest absolute Gasteiger partial charge is 0.504 e. The maximum Gasteiger partial charge on any atom is 0.276 e. The van der Waals surface area contributed by atoms with Crippen molar-refractivity contribution < 1.29 is 23.1 Å². The highest BCUT2D eigenvalue weighted by Gasteiger charge is 2.30. The Hall–Kier alpha value is -4.79. The fraction of sp³-hybridized carbons (Fsp3) is 0.333. The van der Waals surface area contributed by atoms with Crippen LogP contribution in [0.15, 0.2) is 46.5 Å². The van der Waals surface area contributed by atoms with Crippen LogP contribution >= 0.6 is 0 Å². The van der Waals surface area contributed by atoms with E-state index in [1.165, 1.54) is 23.1 Å². The molecule has 3 N–H and O–H groups in total. The van der Waals surface area contributed by atoms with Gasteiger partial charge in [0.2, 0.25) is 11.3 Å². The number of nitrogens with two attached hydrogens (primary N) is 1. The molecule has 1 saturated heterocycles. The van der Waals surface area contributed by atoms with Crippen molar-refractivity contribution >= 4 is 38.4 Å². The molecular weight excluding hydrogens is 564 g/mol. The number of carbonyl (C=O) groups is 2. The smallest absolute Gasteiger partial charge is 0.276 e. The van der Waals surface area contributed by atoms with Crippen LogP contribution in [-0.4, -0.2) is 87.0 Å². The van der Waals surface area contributed by atoms with Crippen molar-refractivity contribution in [2.75, 3.05) is 37.3 Å². The van der Waals surface area contributed by atoms with Crippen molar-refractivity contribution in [2.24, 2.45) is 5.73 Å². The average Bonchev–Trinajstić information content (AvgIpc) is 3.41. The summed E-state index contributed by atoms with van der Waals surface area (Å²) in [5, 5.41) is 15.1. The van der Waals surface area contributed by atoms with Crippen LogP contribution in [-0.2, 0) is 27.6 Å². The van der Waals surface area contributed by atoms with Crippen molar-refractivity contribution in [1.29, 1.82) is 0 Å². The highest BCUT2D eigenvalue weighted by atomic mass is 32.2. The van der Waals surface area contributed by atoms with Gasteiger partial charge in [-0.15, -0.1) is 5.10 Å². The molecule has 14 nitrogen and oxygen atoms in total. The van der Waals surface area contributed by atoms with Gasteiger partial charge in [0.05, 0.1) is 21.7 Å². The Morgan fingerprint density at radius 2 is 1.74 bits per heavy atom. The zero-order valence-electron chi connectivity index (χ0n) is 23.3. The van der Waals surface area contributed by atoms with Gasteiger partial charge in [-0.25, -0.2) is 23.1 Å². The average molecular weight is 595 g/mol. The molecule has 0 bridgehead atoms. The molecule has 0 atom stereocenters. The molecule has 1 fully saturated rings. The zero-order chi connectivity index (χ0) is 30.3. The van der Waals surface area contributed by atoms with Crippen LogP contribution in [0.2, 0.25) is 0 Å². The molecule has 3 aromatic heterocycles. The fourth-order valence-electron chi connectivity index (χ4n) is 5.13. The molecule has 15 heteroatoms. The lowest BCUT2D eigenvalue weighted by Crippen LogP contribution is -2.50. The van der Waals surface area contributed by atoms with Crippen LogP contribution in [0.1, 0.15) is 28.8 Å². The number of hydrogen-bond donors (Lipinski definition) is 2. The maximum absolute atomic E-state index is 14.0. The number of hydrogen-bond acceptors (Lipinski definition) is 10. The highest BCUT2D eigenvalue weighted by Crippen LogP contribution is 2.26. The van der Waals surface area contributed by atoms with Crippen LogP contribution in [0.4, 0.5) is 5.69 Å². The molecule has 0 unspecified atom stereocenters. The Bertz CT molecular complexity index is 1870. The first kappa shape index (κ1) is 28.7. The summed E-state index contributed by atoms with van der Waals surface area (Å²) in [6.07, 6.45) is 4.29. The molecule has 4 heterocycles. The number of pyridine rings is 1. The van der Waals surface area contributed by atoms with E-state index in [2.05, 4.69) is 15.1 Å². The Balaban J connectivity index is 1.53. The summed E-state index contributed by atoms with van der Waals surface area (Å²) in [4.78, 5) is 50.6. The minimum Gasteiger partial charge on any atom is -0.504 e. The van der Waals surface area contributed by atoms with Crippen molar-refractivity contribution in [3.05, 3.63) is 64.1 Å². The fourth-order valence-corrected chi connectivity index (χ4v) is 5.76. The Morgan fingerprint density at radius 1 is 1.07 bits per heavy atom. The summed E-state index contributed by atoms with van der Waals surface area (Å²) in [5.74, 6) is -1.30. The number of amides is 2. The minimum absolute atomic E-state index is 0.0765. The van der Waals surface area contributed by atoms with Gasteiger partial charge in [-0.1, -0.05) is 6.92 Å². The molecular formula is C27H30N8O6S. The van der Waals surface area contributed by atoms with E-state index in [9.17, 15) is 27.9 Å². The van der Waals surface area contributed by atoms with Crippen LogP contribution < -0.4 is 16.1 Å². The van der Waals surface area contributed by atoms with Crippen molar-refractivity contribution in [3.63, 3.8) is 0 Å². The van der Waals surface area contributed by atoms with Crippen LogP contribution in [0, 0.1) is 6.92 Å². The second kappa shape index (κ2) is 10.9. The summed E-state index contributed by atoms with van der Waals surface area (Å²) in [7, 11) is -3.39. The molecule has 1 aromatic carbocycles. The Morgan fingerprint density at radius 3 is 2.33 bits per heavy atom. The van der Waals surface area contributed by atoms with E-state index < -0.39 is 21.7 Å². The quantitative estimate of drug-likeness (QED) is 0.303. The first-order chi connectivity index (χ1) is 19.9. The number of nitrogens with zero attached hydrogens (tertiary/aromatic N) is 7. The molecule has 220 valence electrons. The summed E-state index contributed by atoms with van der Waals surface area (Å²) in [6.45, 7) is 4.42. The molecule has 0 aliphatic carbocycles. The summed E-state index contributed by atoms with van der Waals surface area (Å²) in [6, 6.07) is 6.08. The molecule has 1 aliphatic rings. The second-order valence-electron chi connectivity index (χ2n) is 10.0. The number of aromatic nitrogens is 5. The number of primary amides is 1. The van der Waals surface area contributed by atoms with Gasteiger partial charge in [-0.05, 0) is 37.6 Å². The lowest BCUT2D eigenvalue weighted by atomic mass is 10.1. The predicted octanol–water partition coefficient (Wildman–Crippen LogP) is 0.405. The summed E-state index contributed by atoms with van der Waals surface area (Å²) < 4.78 is 26.9. The highest BCUT2D eigenvalue weighted by molar-refractivity contribution is 7.90. The van der Waals surface area contributed by atoms with Crippen LogP contribution in [0.5, 0.6) is 5.75 Å². The van der Waals surface area contributed by atoms with Crippen LogP contribution in [0.25, 0.3) is 16.7 Å². The van der Waals surface area contributed by atoms with Crippen molar-refractivity contribution in [2.45, 2.75) is 31.7 Å². The normalized spacial score (nSPS) is 14.0. The number of fused-ring (bicyclic) bond motifs is 1. The maximum atomic E-state index is 14.0. The number of aromatic hydroxyl groups is 1. The first-order valence-electron chi connectivity index (χ1n) is 13.2. The lowest BCUT2D eigenvalue weighted by Gasteiger charge is -2.37. The SMILES string of the molecule is CCc1c(N2CCN(C(=O)c3ncnc(C)c3O)CC2)c(=O)c2cn(-c3ccc(S(C)(=O)=O)cc3)nc2n1CC(N)=O. The van der Waals surface area contributed by atoms with Crippen molar-refractivity contribution in [3.8, 4) is 11.4 Å². The monoisotopic (exact) mass is 594 g/mol. The number of aryl methyl sites for hydroxylation is 1. The van der Waals surface area contributed by atoms with Gasteiger partial charge in [0.15, 0.2) is 26.9 Å². The third kappa shape index (κ3) is 5.18. The number of rotatable bonds is 7. The van der Waals surface area contributed by atoms with Gasteiger partial charge in [-0.3, -0.25) is 14.4 Å². The zero-order valence-corrected chi connectivity index (χ0v) is 24.1. The summed E-state index contributed by atoms with van der Waals surface area (Å²) in [5.41, 5.74) is 7.30. The number of anilines is 1. The molecule has 4 aromatic rings. The first-order valence-corrected chi connectivity index (χ1v) is 15.1. The van der Waals surface area contributed by atoms with E-state index in [0.29, 0.717) is 42.3 Å². The third-order valence-corrected chi connectivity index (χ3v) is 8.41. The number of carbonyl (C=O) groups excluding carboxylic acids is 2. The standard InChI is InChI=1S/C27H30N8O6S/c1-4-20-23(32-9-11-33(12-10-32)27(39)22-24(37)16(2)29-15-30-22)25(38)19-13-35(31-26(19)34(20)14-21(28)36)17-5-7-18(8-6-17)42(3,40)41/h5-8,13,15,37H,4,9-12,14H2,1-3H3,(H2,28,36). The molecule has 42 heavy (non-hydrogen) atoms. The van der Waals surface area contributed by atoms with Gasteiger partial charge < -0.3 is 25.2 Å². The molecule has 2 amide bonds. The van der Waals surface area contributed by atoms with Gasteiger partial charge in [-0.2, -0.15) is 0 Å². The van der Waals surface area contributed by atoms with Gasteiger partial charge in [0.1, 0.15) is 18.6 Å². The van der Waals surface area contributed by atoms with Gasteiger partial charge >= 0.3 is 0 Å². The number of piperazine rings is 1. The Kier molecular flexibility index (Phi) is 7.45. The third-order valence-electron chi connectivity index (χ3n) is 7.28. The topological polar surface area (TPSA) is 187 Å². The summed E-state index contributed by atoms with van der Waals surface area (Å²) >= 11 is 0. The predicted molar refractivity (Wildman–Crippen MR) is 154 cm³/mol. The van der Waals surface area contributed by atoms with Crippen LogP contribution in [0.3, 0.4) is 0 Å². The Labute approximate surface area is 240 Å². The minimum atomic E-state index is -3.39. The van der Waals surface area contributed by atoms with E-state index in [4.69, 9.17) is 5.73 Å².